The summed E-state index contributed by atoms with van der Waals surface area (Å²) in [5.74, 6) is 0.269. The van der Waals surface area contributed by atoms with Gasteiger partial charge in [0.1, 0.15) is 5.75 Å². The van der Waals surface area contributed by atoms with Gasteiger partial charge in [0.25, 0.3) is 5.91 Å². The lowest BCUT2D eigenvalue weighted by Gasteiger charge is -2.19. The molecule has 0 heterocycles. The van der Waals surface area contributed by atoms with Gasteiger partial charge in [-0.25, -0.2) is 0 Å². The Bertz CT molecular complexity index is 625. The topological polar surface area (TPSA) is 64.3 Å². The van der Waals surface area contributed by atoms with E-state index in [0.717, 1.165) is 35.1 Å². The minimum Gasteiger partial charge on any atom is -0.483 e. The van der Waals surface area contributed by atoms with E-state index in [2.05, 4.69) is 25.2 Å². The summed E-state index contributed by atoms with van der Waals surface area (Å²) in [6.07, 6.45) is 1.06. The highest BCUT2D eigenvalue weighted by molar-refractivity contribution is 5.90. The molecular formula is C17H22N2O2. The Morgan fingerprint density at radius 3 is 2.76 bits per heavy atom. The summed E-state index contributed by atoms with van der Waals surface area (Å²) in [4.78, 5) is 11.0. The average Bonchev–Trinajstić information content (AvgIpc) is 2.49. The van der Waals surface area contributed by atoms with Gasteiger partial charge in [0.2, 0.25) is 0 Å². The molecule has 2 aromatic carbocycles. The second-order valence-electron chi connectivity index (χ2n) is 5.14. The molecule has 0 fully saturated rings. The third-order valence-electron chi connectivity index (χ3n) is 3.44. The molecule has 0 aliphatic heterocycles. The number of carbonyl (C=O) groups is 1. The van der Waals surface area contributed by atoms with Crippen LogP contribution in [0.3, 0.4) is 0 Å². The molecule has 112 valence electrons. The van der Waals surface area contributed by atoms with Gasteiger partial charge in [-0.15, -0.1) is 0 Å². The maximum atomic E-state index is 11.0. The average molecular weight is 286 g/mol. The first kappa shape index (κ1) is 15.3. The number of hydrogen-bond acceptors (Lipinski definition) is 3. The van der Waals surface area contributed by atoms with Crippen LogP contribution in [0.4, 0.5) is 0 Å². The number of benzene rings is 2. The Morgan fingerprint density at radius 2 is 2.05 bits per heavy atom. The normalized spacial score (nSPS) is 12.3. The summed E-state index contributed by atoms with van der Waals surface area (Å²) in [7, 11) is 0. The molecule has 0 spiro atoms. The summed E-state index contributed by atoms with van der Waals surface area (Å²) in [5, 5.41) is 5.53. The number of nitrogens with one attached hydrogen (secondary N) is 1. The third kappa shape index (κ3) is 3.73. The van der Waals surface area contributed by atoms with Crippen molar-refractivity contribution in [1.82, 2.24) is 5.32 Å². The fraction of sp³-hybridized carbons (Fsp3) is 0.353. The van der Waals surface area contributed by atoms with E-state index >= 15 is 0 Å². The number of fused-ring (bicyclic) bond motifs is 1. The molecule has 0 aromatic heterocycles. The molecule has 1 unspecified atom stereocenters. The number of ether oxygens (including phenoxy) is 1. The van der Waals surface area contributed by atoms with Gasteiger partial charge in [0.05, 0.1) is 0 Å². The highest BCUT2D eigenvalue weighted by atomic mass is 16.5. The Kier molecular flexibility index (Phi) is 5.17. The van der Waals surface area contributed by atoms with Crippen LogP contribution >= 0.6 is 0 Å². The van der Waals surface area contributed by atoms with E-state index in [1.54, 1.807) is 0 Å². The lowest BCUT2D eigenvalue weighted by Crippen LogP contribution is -2.23. The predicted molar refractivity (Wildman–Crippen MR) is 85.3 cm³/mol. The van der Waals surface area contributed by atoms with Gasteiger partial charge in [-0.2, -0.15) is 0 Å². The molecule has 3 N–H and O–H groups in total. The molecule has 4 nitrogen and oxygen atoms in total. The number of carbonyl (C=O) groups excluding carboxylic acids is 1. The minimum atomic E-state index is -0.469. The lowest BCUT2D eigenvalue weighted by atomic mass is 10.0. The zero-order valence-electron chi connectivity index (χ0n) is 12.6. The maximum absolute atomic E-state index is 11.0. The number of primary amides is 1. The van der Waals surface area contributed by atoms with Crippen LogP contribution in [0, 0.1) is 0 Å². The summed E-state index contributed by atoms with van der Waals surface area (Å²) in [6, 6.07) is 12.3. The molecule has 4 heteroatoms. The van der Waals surface area contributed by atoms with Crippen LogP contribution < -0.4 is 15.8 Å². The molecular weight excluding hydrogens is 264 g/mol. The van der Waals surface area contributed by atoms with Gasteiger partial charge in [-0.05, 0) is 25.3 Å². The SMILES string of the molecule is CCCNC(C)c1ccc2ccccc2c1OCC(N)=O. The first-order valence-electron chi connectivity index (χ1n) is 7.29. The third-order valence-corrected chi connectivity index (χ3v) is 3.44. The van der Waals surface area contributed by atoms with E-state index in [0.29, 0.717) is 0 Å². The molecule has 1 atom stereocenters. The van der Waals surface area contributed by atoms with Crippen molar-refractivity contribution in [2.75, 3.05) is 13.2 Å². The summed E-state index contributed by atoms with van der Waals surface area (Å²) in [5.41, 5.74) is 6.26. The van der Waals surface area contributed by atoms with Crippen molar-refractivity contribution in [3.05, 3.63) is 42.0 Å². The van der Waals surface area contributed by atoms with E-state index < -0.39 is 5.91 Å². The van der Waals surface area contributed by atoms with Crippen LogP contribution in [0.5, 0.6) is 5.75 Å². The van der Waals surface area contributed by atoms with E-state index in [1.807, 2.05) is 30.3 Å². The molecule has 0 radical (unpaired) electrons. The summed E-state index contributed by atoms with van der Waals surface area (Å²) < 4.78 is 5.70. The number of hydrogen-bond donors (Lipinski definition) is 2. The lowest BCUT2D eigenvalue weighted by molar-refractivity contribution is -0.119. The quantitative estimate of drug-likeness (QED) is 0.822. The molecule has 0 aliphatic carbocycles. The maximum Gasteiger partial charge on any atom is 0.255 e. The van der Waals surface area contributed by atoms with E-state index in [-0.39, 0.29) is 12.6 Å². The van der Waals surface area contributed by atoms with E-state index in [1.165, 1.54) is 0 Å². The second kappa shape index (κ2) is 7.09. The molecule has 2 aromatic rings. The largest absolute Gasteiger partial charge is 0.483 e. The molecule has 0 aliphatic rings. The van der Waals surface area contributed by atoms with Gasteiger partial charge in [0.15, 0.2) is 6.61 Å². The number of amides is 1. The molecule has 1 amide bonds. The van der Waals surface area contributed by atoms with Crippen molar-refractivity contribution in [1.29, 1.82) is 0 Å². The van der Waals surface area contributed by atoms with Crippen LogP contribution in [0.2, 0.25) is 0 Å². The van der Waals surface area contributed by atoms with Crippen molar-refractivity contribution in [2.24, 2.45) is 5.73 Å². The predicted octanol–water partition coefficient (Wildman–Crippen LogP) is 2.76. The van der Waals surface area contributed by atoms with Crippen LogP contribution in [-0.2, 0) is 4.79 Å². The smallest absolute Gasteiger partial charge is 0.255 e. The van der Waals surface area contributed by atoms with Gasteiger partial charge in [-0.1, -0.05) is 43.3 Å². The highest BCUT2D eigenvalue weighted by Gasteiger charge is 2.15. The van der Waals surface area contributed by atoms with Crippen molar-refractivity contribution >= 4 is 16.7 Å². The van der Waals surface area contributed by atoms with Crippen LogP contribution in [0.25, 0.3) is 10.8 Å². The van der Waals surface area contributed by atoms with E-state index in [4.69, 9.17) is 10.5 Å². The standard InChI is InChI=1S/C17H22N2O2/c1-3-10-19-12(2)14-9-8-13-6-4-5-7-15(13)17(14)21-11-16(18)20/h4-9,12,19H,3,10-11H2,1-2H3,(H2,18,20). The van der Waals surface area contributed by atoms with Crippen molar-refractivity contribution in [3.8, 4) is 5.75 Å². The Morgan fingerprint density at radius 1 is 1.29 bits per heavy atom. The van der Waals surface area contributed by atoms with Gasteiger partial charge in [-0.3, -0.25) is 4.79 Å². The molecule has 0 bridgehead atoms. The van der Waals surface area contributed by atoms with Crippen molar-refractivity contribution < 1.29 is 9.53 Å². The van der Waals surface area contributed by atoms with Gasteiger partial charge < -0.3 is 15.8 Å². The van der Waals surface area contributed by atoms with E-state index in [9.17, 15) is 4.79 Å². The fourth-order valence-corrected chi connectivity index (χ4v) is 2.38. The molecule has 0 saturated carbocycles. The summed E-state index contributed by atoms with van der Waals surface area (Å²) in [6.45, 7) is 5.05. The fourth-order valence-electron chi connectivity index (χ4n) is 2.38. The first-order valence-corrected chi connectivity index (χ1v) is 7.29. The molecule has 21 heavy (non-hydrogen) atoms. The Hall–Kier alpha value is -2.07. The van der Waals surface area contributed by atoms with Gasteiger partial charge in [0, 0.05) is 17.0 Å². The zero-order chi connectivity index (χ0) is 15.2. The van der Waals surface area contributed by atoms with Crippen LogP contribution in [0.15, 0.2) is 36.4 Å². The zero-order valence-corrected chi connectivity index (χ0v) is 12.6. The van der Waals surface area contributed by atoms with Crippen LogP contribution in [0.1, 0.15) is 31.9 Å². The van der Waals surface area contributed by atoms with Gasteiger partial charge >= 0.3 is 0 Å². The first-order chi connectivity index (χ1) is 10.1. The Labute approximate surface area is 125 Å². The summed E-state index contributed by atoms with van der Waals surface area (Å²) >= 11 is 0. The monoisotopic (exact) mass is 286 g/mol. The number of rotatable bonds is 7. The Balaban J connectivity index is 2.42. The highest BCUT2D eigenvalue weighted by Crippen LogP contribution is 2.33. The minimum absolute atomic E-state index is 0.110. The molecule has 0 saturated heterocycles. The number of nitrogens with two attached hydrogens (primary N) is 1. The molecule has 2 rings (SSSR count). The second-order valence-corrected chi connectivity index (χ2v) is 5.14. The van der Waals surface area contributed by atoms with Crippen molar-refractivity contribution in [2.45, 2.75) is 26.3 Å². The van der Waals surface area contributed by atoms with Crippen LogP contribution in [-0.4, -0.2) is 19.1 Å². The van der Waals surface area contributed by atoms with Crippen molar-refractivity contribution in [3.63, 3.8) is 0 Å².